The summed E-state index contributed by atoms with van der Waals surface area (Å²) in [7, 11) is 0. The van der Waals surface area contributed by atoms with Crippen LogP contribution in [-0.2, 0) is 6.42 Å². The van der Waals surface area contributed by atoms with E-state index in [1.807, 2.05) is 23.6 Å². The second-order valence-electron chi connectivity index (χ2n) is 4.18. The third kappa shape index (κ3) is 2.04. The molecule has 3 nitrogen and oxygen atoms in total. The topological polar surface area (TPSA) is 30.2 Å². The zero-order chi connectivity index (χ0) is 11.0. The van der Waals surface area contributed by atoms with E-state index in [-0.39, 0.29) is 0 Å². The van der Waals surface area contributed by atoms with Gasteiger partial charge in [-0.1, -0.05) is 13.8 Å². The number of imidazole rings is 1. The zero-order valence-electron chi connectivity index (χ0n) is 9.16. The number of fused-ring (bicyclic) bond motifs is 1. The van der Waals surface area contributed by atoms with Crippen LogP contribution in [0.25, 0.3) is 5.65 Å². The Morgan fingerprint density at radius 2 is 2.13 bits per heavy atom. The van der Waals surface area contributed by atoms with Gasteiger partial charge in [0, 0.05) is 0 Å². The van der Waals surface area contributed by atoms with Crippen LogP contribution in [0.15, 0.2) is 16.7 Å². The van der Waals surface area contributed by atoms with Crippen molar-refractivity contribution in [3.63, 3.8) is 0 Å². The molecule has 0 atom stereocenters. The van der Waals surface area contributed by atoms with E-state index in [2.05, 4.69) is 39.9 Å². The Morgan fingerprint density at radius 3 is 2.80 bits per heavy atom. The van der Waals surface area contributed by atoms with Gasteiger partial charge in [-0.25, -0.2) is 9.50 Å². The van der Waals surface area contributed by atoms with Crippen LogP contribution in [-0.4, -0.2) is 14.6 Å². The molecule has 2 aromatic rings. The van der Waals surface area contributed by atoms with Crippen molar-refractivity contribution < 1.29 is 0 Å². The van der Waals surface area contributed by atoms with E-state index >= 15 is 0 Å². The first-order valence-corrected chi connectivity index (χ1v) is 5.88. The van der Waals surface area contributed by atoms with Gasteiger partial charge in [0.2, 0.25) is 0 Å². The Labute approximate surface area is 97.6 Å². The molecule has 0 aliphatic rings. The second kappa shape index (κ2) is 3.93. The van der Waals surface area contributed by atoms with Crippen molar-refractivity contribution in [3.8, 4) is 0 Å². The van der Waals surface area contributed by atoms with Crippen LogP contribution in [0.5, 0.6) is 0 Å². The standard InChI is InChI=1S/C11H14BrN3/c1-7(2)6-9-4-5-10-13-8(3)11(12)15(10)14-9/h4-5,7H,6H2,1-3H3. The summed E-state index contributed by atoms with van der Waals surface area (Å²) in [5, 5.41) is 4.54. The van der Waals surface area contributed by atoms with Crippen LogP contribution in [0.4, 0.5) is 0 Å². The van der Waals surface area contributed by atoms with Gasteiger partial charge in [0.15, 0.2) is 5.65 Å². The quantitative estimate of drug-likeness (QED) is 0.838. The van der Waals surface area contributed by atoms with Crippen molar-refractivity contribution in [1.29, 1.82) is 0 Å². The maximum atomic E-state index is 4.54. The van der Waals surface area contributed by atoms with Gasteiger partial charge in [-0.05, 0) is 47.3 Å². The summed E-state index contributed by atoms with van der Waals surface area (Å²) in [6.07, 6.45) is 1.000. The van der Waals surface area contributed by atoms with Crippen molar-refractivity contribution in [3.05, 3.63) is 28.1 Å². The molecular formula is C11H14BrN3. The van der Waals surface area contributed by atoms with Crippen LogP contribution in [0.2, 0.25) is 0 Å². The van der Waals surface area contributed by atoms with Gasteiger partial charge in [-0.3, -0.25) is 0 Å². The second-order valence-corrected chi connectivity index (χ2v) is 4.93. The van der Waals surface area contributed by atoms with Gasteiger partial charge in [-0.2, -0.15) is 5.10 Å². The smallest absolute Gasteiger partial charge is 0.155 e. The van der Waals surface area contributed by atoms with Crippen LogP contribution in [0.1, 0.15) is 25.2 Å². The Kier molecular flexibility index (Phi) is 2.78. The first-order chi connectivity index (χ1) is 7.08. The van der Waals surface area contributed by atoms with Crippen LogP contribution in [0, 0.1) is 12.8 Å². The first kappa shape index (κ1) is 10.6. The molecular weight excluding hydrogens is 254 g/mol. The lowest BCUT2D eigenvalue weighted by Crippen LogP contribution is -2.01. The summed E-state index contributed by atoms with van der Waals surface area (Å²) in [4.78, 5) is 4.39. The minimum Gasteiger partial charge on any atom is -0.231 e. The predicted molar refractivity (Wildman–Crippen MR) is 64.0 cm³/mol. The average molecular weight is 268 g/mol. The molecule has 0 bridgehead atoms. The summed E-state index contributed by atoms with van der Waals surface area (Å²) in [6, 6.07) is 4.07. The maximum Gasteiger partial charge on any atom is 0.155 e. The van der Waals surface area contributed by atoms with Gasteiger partial charge in [-0.15, -0.1) is 0 Å². The molecule has 0 radical (unpaired) electrons. The third-order valence-electron chi connectivity index (χ3n) is 2.25. The molecule has 0 aliphatic heterocycles. The number of halogens is 1. The minimum atomic E-state index is 0.623. The highest BCUT2D eigenvalue weighted by molar-refractivity contribution is 9.10. The number of aromatic nitrogens is 3. The van der Waals surface area contributed by atoms with E-state index in [1.54, 1.807) is 0 Å². The molecule has 0 fully saturated rings. The molecule has 0 aliphatic carbocycles. The normalized spacial score (nSPS) is 11.5. The lowest BCUT2D eigenvalue weighted by Gasteiger charge is -2.04. The minimum absolute atomic E-state index is 0.623. The van der Waals surface area contributed by atoms with Gasteiger partial charge >= 0.3 is 0 Å². The molecule has 4 heteroatoms. The van der Waals surface area contributed by atoms with Crippen molar-refractivity contribution in [2.24, 2.45) is 5.92 Å². The number of aryl methyl sites for hydroxylation is 1. The number of rotatable bonds is 2. The first-order valence-electron chi connectivity index (χ1n) is 5.08. The summed E-state index contributed by atoms with van der Waals surface area (Å²) >= 11 is 3.49. The average Bonchev–Trinajstić information content (AvgIpc) is 2.43. The molecule has 80 valence electrons. The number of hydrogen-bond donors (Lipinski definition) is 0. The molecule has 0 unspecified atom stereocenters. The highest BCUT2D eigenvalue weighted by Crippen LogP contribution is 2.17. The highest BCUT2D eigenvalue weighted by Gasteiger charge is 2.07. The van der Waals surface area contributed by atoms with Gasteiger partial charge in [0.1, 0.15) is 4.60 Å². The molecule has 0 spiro atoms. The maximum absolute atomic E-state index is 4.54. The Morgan fingerprint density at radius 1 is 1.40 bits per heavy atom. The number of hydrogen-bond acceptors (Lipinski definition) is 2. The summed E-state index contributed by atoms with van der Waals surface area (Å²) < 4.78 is 2.80. The predicted octanol–water partition coefficient (Wildman–Crippen LogP) is 3.00. The fourth-order valence-corrected chi connectivity index (χ4v) is 1.93. The van der Waals surface area contributed by atoms with Crippen molar-refractivity contribution in [1.82, 2.24) is 14.6 Å². The van der Waals surface area contributed by atoms with Gasteiger partial charge < -0.3 is 0 Å². The molecule has 0 amide bonds. The van der Waals surface area contributed by atoms with Crippen LogP contribution < -0.4 is 0 Å². The van der Waals surface area contributed by atoms with Crippen LogP contribution in [0.3, 0.4) is 0 Å². The lowest BCUT2D eigenvalue weighted by atomic mass is 10.1. The third-order valence-corrected chi connectivity index (χ3v) is 3.16. The molecule has 2 rings (SSSR count). The highest BCUT2D eigenvalue weighted by atomic mass is 79.9. The molecule has 0 aromatic carbocycles. The lowest BCUT2D eigenvalue weighted by molar-refractivity contribution is 0.623. The van der Waals surface area contributed by atoms with E-state index in [9.17, 15) is 0 Å². The SMILES string of the molecule is Cc1nc2ccc(CC(C)C)nn2c1Br. The van der Waals surface area contributed by atoms with Gasteiger partial charge in [0.25, 0.3) is 0 Å². The zero-order valence-corrected chi connectivity index (χ0v) is 10.7. The molecule has 2 heterocycles. The van der Waals surface area contributed by atoms with E-state index < -0.39 is 0 Å². The van der Waals surface area contributed by atoms with Crippen molar-refractivity contribution in [2.75, 3.05) is 0 Å². The van der Waals surface area contributed by atoms with Gasteiger partial charge in [0.05, 0.1) is 11.4 Å². The summed E-state index contributed by atoms with van der Waals surface area (Å²) in [5.41, 5.74) is 2.98. The Balaban J connectivity index is 2.49. The Hall–Kier alpha value is -0.900. The largest absolute Gasteiger partial charge is 0.231 e. The van der Waals surface area contributed by atoms with E-state index in [1.165, 1.54) is 0 Å². The fourth-order valence-electron chi connectivity index (χ4n) is 1.58. The molecule has 2 aromatic heterocycles. The van der Waals surface area contributed by atoms with E-state index in [4.69, 9.17) is 0 Å². The summed E-state index contributed by atoms with van der Waals surface area (Å²) in [5.74, 6) is 0.623. The Bertz CT molecular complexity index is 488. The number of nitrogens with zero attached hydrogens (tertiary/aromatic N) is 3. The van der Waals surface area contributed by atoms with Crippen molar-refractivity contribution in [2.45, 2.75) is 27.2 Å². The van der Waals surface area contributed by atoms with E-state index in [0.717, 1.165) is 28.1 Å². The van der Waals surface area contributed by atoms with E-state index in [0.29, 0.717) is 5.92 Å². The fraction of sp³-hybridized carbons (Fsp3) is 0.455. The monoisotopic (exact) mass is 267 g/mol. The molecule has 15 heavy (non-hydrogen) atoms. The van der Waals surface area contributed by atoms with Crippen molar-refractivity contribution >= 4 is 21.6 Å². The molecule has 0 saturated carbocycles. The molecule has 0 saturated heterocycles. The summed E-state index contributed by atoms with van der Waals surface area (Å²) in [6.45, 7) is 6.36. The molecule has 0 N–H and O–H groups in total. The van der Waals surface area contributed by atoms with Crippen LogP contribution >= 0.6 is 15.9 Å².